The number of carbonyl (C=O) groups excluding carboxylic acids is 1. The van der Waals surface area contributed by atoms with Crippen molar-refractivity contribution in [1.82, 2.24) is 24.4 Å². The van der Waals surface area contributed by atoms with E-state index in [1.165, 1.54) is 0 Å². The van der Waals surface area contributed by atoms with Crippen molar-refractivity contribution in [3.8, 4) is 17.1 Å². The van der Waals surface area contributed by atoms with Gasteiger partial charge in [0.05, 0.1) is 19.3 Å². The summed E-state index contributed by atoms with van der Waals surface area (Å²) in [6.45, 7) is 2.41. The molecule has 9 nitrogen and oxygen atoms in total. The molecule has 0 saturated carbocycles. The van der Waals surface area contributed by atoms with Crippen LogP contribution < -0.4 is 15.6 Å². The zero-order valence-corrected chi connectivity index (χ0v) is 20.2. The number of likely N-dealkylation sites (tertiary alicyclic amines) is 1. The van der Waals surface area contributed by atoms with Gasteiger partial charge in [0.25, 0.3) is 5.56 Å². The average Bonchev–Trinajstić information content (AvgIpc) is 3.33. The number of fused-ring (bicyclic) bond motifs is 1. The lowest BCUT2D eigenvalue weighted by Gasteiger charge is -2.16. The van der Waals surface area contributed by atoms with E-state index in [-0.39, 0.29) is 17.3 Å². The first-order chi connectivity index (χ1) is 17.6. The van der Waals surface area contributed by atoms with Gasteiger partial charge in [0.1, 0.15) is 5.52 Å². The molecule has 1 aliphatic heterocycles. The number of benzene rings is 1. The second kappa shape index (κ2) is 10.6. The number of hydrogen-bond acceptors (Lipinski definition) is 7. The molecule has 0 bridgehead atoms. The van der Waals surface area contributed by atoms with Crippen LogP contribution in [0.5, 0.6) is 5.88 Å². The number of aromatic nitrogens is 4. The molecular weight excluding hydrogens is 456 g/mol. The van der Waals surface area contributed by atoms with Crippen LogP contribution in [0.3, 0.4) is 0 Å². The van der Waals surface area contributed by atoms with Gasteiger partial charge in [0.15, 0.2) is 11.5 Å². The van der Waals surface area contributed by atoms with Gasteiger partial charge < -0.3 is 15.0 Å². The number of carbonyl (C=O) groups is 1. The maximum Gasteiger partial charge on any atom is 0.295 e. The van der Waals surface area contributed by atoms with Crippen LogP contribution in [0.4, 0.5) is 5.82 Å². The first kappa shape index (κ1) is 23.5. The molecule has 4 aromatic rings. The smallest absolute Gasteiger partial charge is 0.295 e. The van der Waals surface area contributed by atoms with E-state index in [2.05, 4.69) is 15.3 Å². The van der Waals surface area contributed by atoms with E-state index in [4.69, 9.17) is 9.72 Å². The maximum atomic E-state index is 13.5. The van der Waals surface area contributed by atoms with E-state index >= 15 is 0 Å². The molecule has 1 fully saturated rings. The fraction of sp³-hybridized carbons (Fsp3) is 0.296. The quantitative estimate of drug-likeness (QED) is 0.364. The Balaban J connectivity index is 1.46. The summed E-state index contributed by atoms with van der Waals surface area (Å²) in [7, 11) is 1.57. The zero-order valence-electron chi connectivity index (χ0n) is 20.2. The summed E-state index contributed by atoms with van der Waals surface area (Å²) in [6, 6.07) is 17.2. The van der Waals surface area contributed by atoms with Gasteiger partial charge in [0.2, 0.25) is 11.8 Å². The van der Waals surface area contributed by atoms with Gasteiger partial charge >= 0.3 is 0 Å². The Labute approximate surface area is 208 Å². The Morgan fingerprint density at radius 2 is 1.89 bits per heavy atom. The maximum absolute atomic E-state index is 13.5. The van der Waals surface area contributed by atoms with E-state index in [0.717, 1.165) is 30.5 Å². The summed E-state index contributed by atoms with van der Waals surface area (Å²) in [5.41, 5.74) is 3.38. The molecule has 1 aromatic carbocycles. The first-order valence-corrected chi connectivity index (χ1v) is 12.1. The summed E-state index contributed by atoms with van der Waals surface area (Å²) >= 11 is 0. The SMILES string of the molecule is COc1ccc(-c2ccc3nc(NCCCN4CCCC4=O)c(=O)n(Cc4ccccc4)c3n2)cn1. The van der Waals surface area contributed by atoms with E-state index in [9.17, 15) is 9.59 Å². The third-order valence-electron chi connectivity index (χ3n) is 6.28. The Morgan fingerprint density at radius 3 is 2.61 bits per heavy atom. The number of amides is 1. The van der Waals surface area contributed by atoms with Crippen molar-refractivity contribution in [1.29, 1.82) is 0 Å². The van der Waals surface area contributed by atoms with Crippen LogP contribution in [0.2, 0.25) is 0 Å². The Hall–Kier alpha value is -4.27. The van der Waals surface area contributed by atoms with Gasteiger partial charge in [-0.1, -0.05) is 30.3 Å². The van der Waals surface area contributed by atoms with Crippen LogP contribution in [-0.4, -0.2) is 57.1 Å². The summed E-state index contributed by atoms with van der Waals surface area (Å²) in [4.78, 5) is 40.9. The number of ether oxygens (including phenoxy) is 1. The minimum Gasteiger partial charge on any atom is -0.481 e. The molecule has 4 heterocycles. The van der Waals surface area contributed by atoms with Crippen molar-refractivity contribution in [2.45, 2.75) is 25.8 Å². The molecule has 1 aliphatic rings. The lowest BCUT2D eigenvalue weighted by molar-refractivity contribution is -0.127. The lowest BCUT2D eigenvalue weighted by atomic mass is 10.2. The first-order valence-electron chi connectivity index (χ1n) is 12.1. The molecule has 0 radical (unpaired) electrons. The molecular formula is C27H28N6O3. The van der Waals surface area contributed by atoms with Crippen LogP contribution in [0.25, 0.3) is 22.4 Å². The number of hydrogen-bond donors (Lipinski definition) is 1. The van der Waals surface area contributed by atoms with Gasteiger partial charge in [-0.3, -0.25) is 14.2 Å². The normalized spacial score (nSPS) is 13.4. The summed E-state index contributed by atoms with van der Waals surface area (Å²) < 4.78 is 6.81. The van der Waals surface area contributed by atoms with E-state index < -0.39 is 0 Å². The van der Waals surface area contributed by atoms with Crippen LogP contribution in [0, 0.1) is 0 Å². The van der Waals surface area contributed by atoms with E-state index in [0.29, 0.717) is 48.8 Å². The third-order valence-corrected chi connectivity index (χ3v) is 6.28. The molecule has 1 N–H and O–H groups in total. The zero-order chi connectivity index (χ0) is 24.9. The molecule has 184 valence electrons. The standard InChI is InChI=1S/C27H28N6O3/c1-36-23-13-10-20(17-29-23)21-11-12-22-26(31-21)33(18-19-7-3-2-4-8-19)27(35)25(30-22)28-14-6-16-32-15-5-9-24(32)34/h2-4,7-8,10-13,17H,5-6,9,14-16,18H2,1H3,(H,28,30). The number of nitrogens with one attached hydrogen (secondary N) is 1. The van der Waals surface area contributed by atoms with Crippen molar-refractivity contribution in [2.75, 3.05) is 32.1 Å². The molecule has 0 aliphatic carbocycles. The van der Waals surface area contributed by atoms with E-state index in [1.54, 1.807) is 23.9 Å². The minimum absolute atomic E-state index is 0.206. The second-order valence-corrected chi connectivity index (χ2v) is 8.73. The molecule has 1 saturated heterocycles. The minimum atomic E-state index is -0.235. The lowest BCUT2D eigenvalue weighted by Crippen LogP contribution is -2.29. The van der Waals surface area contributed by atoms with Gasteiger partial charge in [-0.25, -0.2) is 15.0 Å². The van der Waals surface area contributed by atoms with Crippen molar-refractivity contribution in [3.05, 3.63) is 76.7 Å². The predicted octanol–water partition coefficient (Wildman–Crippen LogP) is 3.33. The predicted molar refractivity (Wildman–Crippen MR) is 138 cm³/mol. The molecule has 5 rings (SSSR count). The molecule has 0 atom stereocenters. The van der Waals surface area contributed by atoms with Crippen LogP contribution in [-0.2, 0) is 11.3 Å². The largest absolute Gasteiger partial charge is 0.481 e. The topological polar surface area (TPSA) is 102 Å². The molecule has 36 heavy (non-hydrogen) atoms. The van der Waals surface area contributed by atoms with Crippen LogP contribution in [0.15, 0.2) is 65.6 Å². The van der Waals surface area contributed by atoms with Gasteiger partial charge in [0, 0.05) is 43.9 Å². The Kier molecular flexibility index (Phi) is 6.88. The summed E-state index contributed by atoms with van der Waals surface area (Å²) in [5.74, 6) is 1.01. The highest BCUT2D eigenvalue weighted by molar-refractivity contribution is 5.78. The van der Waals surface area contributed by atoms with Gasteiger partial charge in [-0.2, -0.15) is 0 Å². The highest BCUT2D eigenvalue weighted by Crippen LogP contribution is 2.22. The number of methoxy groups -OCH3 is 1. The van der Waals surface area contributed by atoms with Crippen molar-refractivity contribution in [3.63, 3.8) is 0 Å². The van der Waals surface area contributed by atoms with Crippen LogP contribution >= 0.6 is 0 Å². The molecule has 0 unspecified atom stereocenters. The highest BCUT2D eigenvalue weighted by Gasteiger charge is 2.19. The Morgan fingerprint density at radius 1 is 1.03 bits per heavy atom. The number of rotatable bonds is 9. The fourth-order valence-corrected chi connectivity index (χ4v) is 4.38. The molecule has 9 heteroatoms. The van der Waals surface area contributed by atoms with Crippen molar-refractivity contribution in [2.24, 2.45) is 0 Å². The monoisotopic (exact) mass is 484 g/mol. The molecule has 3 aromatic heterocycles. The van der Waals surface area contributed by atoms with E-state index in [1.807, 2.05) is 53.4 Å². The number of pyridine rings is 2. The number of nitrogens with zero attached hydrogens (tertiary/aromatic N) is 5. The average molecular weight is 485 g/mol. The highest BCUT2D eigenvalue weighted by atomic mass is 16.5. The van der Waals surface area contributed by atoms with Crippen molar-refractivity contribution < 1.29 is 9.53 Å². The third kappa shape index (κ3) is 5.05. The summed E-state index contributed by atoms with van der Waals surface area (Å²) in [6.07, 6.45) is 3.99. The van der Waals surface area contributed by atoms with Gasteiger partial charge in [-0.05, 0) is 36.6 Å². The molecule has 1 amide bonds. The summed E-state index contributed by atoms with van der Waals surface area (Å²) in [5, 5.41) is 3.19. The Bertz CT molecular complexity index is 1420. The van der Waals surface area contributed by atoms with Gasteiger partial charge in [-0.15, -0.1) is 0 Å². The number of anilines is 1. The second-order valence-electron chi connectivity index (χ2n) is 8.73. The fourth-order valence-electron chi connectivity index (χ4n) is 4.38. The van der Waals surface area contributed by atoms with Crippen LogP contribution in [0.1, 0.15) is 24.8 Å². The molecule has 0 spiro atoms. The van der Waals surface area contributed by atoms with Crippen molar-refractivity contribution >= 4 is 22.9 Å².